The number of likely N-dealkylation sites (N-methyl/N-ethyl adjacent to an activating group) is 1. The van der Waals surface area contributed by atoms with Crippen LogP contribution in [0, 0.1) is 6.92 Å². The zero-order chi connectivity index (χ0) is 16.8. The van der Waals surface area contributed by atoms with Gasteiger partial charge >= 0.3 is 0 Å². The Morgan fingerprint density at radius 2 is 2.00 bits per heavy atom. The number of nitrogens with one attached hydrogen (secondary N) is 1. The van der Waals surface area contributed by atoms with Crippen molar-refractivity contribution in [2.75, 3.05) is 46.3 Å². The van der Waals surface area contributed by atoms with E-state index in [-0.39, 0.29) is 5.91 Å². The van der Waals surface area contributed by atoms with Crippen LogP contribution < -0.4 is 5.32 Å². The van der Waals surface area contributed by atoms with Crippen molar-refractivity contribution in [1.29, 1.82) is 0 Å². The fourth-order valence-corrected chi connectivity index (χ4v) is 2.88. The molecular weight excluding hydrogens is 314 g/mol. The van der Waals surface area contributed by atoms with Gasteiger partial charge < -0.3 is 15.1 Å². The van der Waals surface area contributed by atoms with Crippen LogP contribution in [0.1, 0.15) is 17.7 Å². The number of carbonyl (C=O) groups excluding carboxylic acids is 1. The van der Waals surface area contributed by atoms with Gasteiger partial charge in [-0.2, -0.15) is 5.10 Å². The minimum Gasteiger partial charge on any atom is -0.353 e. The van der Waals surface area contributed by atoms with Crippen molar-refractivity contribution in [2.24, 2.45) is 7.05 Å². The summed E-state index contributed by atoms with van der Waals surface area (Å²) in [6.07, 6.45) is 4.21. The Morgan fingerprint density at radius 1 is 1.30 bits per heavy atom. The molecule has 128 valence electrons. The lowest BCUT2D eigenvalue weighted by Gasteiger charge is -2.32. The molecule has 7 heteroatoms. The van der Waals surface area contributed by atoms with Crippen molar-refractivity contribution in [1.82, 2.24) is 24.9 Å². The first-order chi connectivity index (χ1) is 11.0. The van der Waals surface area contributed by atoms with Crippen molar-refractivity contribution >= 4 is 23.6 Å². The molecule has 1 aromatic heterocycles. The van der Waals surface area contributed by atoms with Gasteiger partial charge in [0, 0.05) is 51.4 Å². The van der Waals surface area contributed by atoms with Crippen LogP contribution in [0.4, 0.5) is 0 Å². The Kier molecular flexibility index (Phi) is 6.62. The van der Waals surface area contributed by atoms with E-state index in [2.05, 4.69) is 27.3 Å². The van der Waals surface area contributed by atoms with Gasteiger partial charge in [0.15, 0.2) is 0 Å². The maximum Gasteiger partial charge on any atom is 0.244 e. The topological polar surface area (TPSA) is 53.4 Å². The van der Waals surface area contributed by atoms with Gasteiger partial charge in [0.1, 0.15) is 5.15 Å². The predicted molar refractivity (Wildman–Crippen MR) is 93.6 cm³/mol. The summed E-state index contributed by atoms with van der Waals surface area (Å²) in [5.74, 6) is -0.0947. The van der Waals surface area contributed by atoms with Crippen molar-refractivity contribution in [3.05, 3.63) is 22.5 Å². The van der Waals surface area contributed by atoms with Crippen molar-refractivity contribution < 1.29 is 4.79 Å². The Bertz CT molecular complexity index is 561. The fourth-order valence-electron chi connectivity index (χ4n) is 2.64. The van der Waals surface area contributed by atoms with Crippen LogP contribution in [0.15, 0.2) is 6.08 Å². The highest BCUT2D eigenvalue weighted by Crippen LogP contribution is 2.19. The second-order valence-corrected chi connectivity index (χ2v) is 6.39. The van der Waals surface area contributed by atoms with E-state index in [4.69, 9.17) is 11.6 Å². The molecule has 0 atom stereocenters. The van der Waals surface area contributed by atoms with Crippen LogP contribution in [-0.4, -0.2) is 71.8 Å². The normalized spacial score (nSPS) is 17.0. The largest absolute Gasteiger partial charge is 0.353 e. The number of hydrogen-bond donors (Lipinski definition) is 1. The summed E-state index contributed by atoms with van der Waals surface area (Å²) >= 11 is 6.13. The van der Waals surface area contributed by atoms with Gasteiger partial charge in [-0.15, -0.1) is 0 Å². The molecule has 0 saturated carbocycles. The van der Waals surface area contributed by atoms with Crippen LogP contribution in [0.25, 0.3) is 6.08 Å². The summed E-state index contributed by atoms with van der Waals surface area (Å²) in [5.41, 5.74) is 1.61. The zero-order valence-electron chi connectivity index (χ0n) is 14.2. The van der Waals surface area contributed by atoms with E-state index in [1.807, 2.05) is 6.92 Å². The SMILES string of the molecule is Cc1nn(C)c(Cl)c1/C=C/C(=O)NCCCN1CCN(C)CC1. The number of amides is 1. The molecule has 0 bridgehead atoms. The molecule has 6 nitrogen and oxygen atoms in total. The van der Waals surface area contributed by atoms with Crippen LogP contribution in [0.3, 0.4) is 0 Å². The molecule has 0 aliphatic carbocycles. The average Bonchev–Trinajstić information content (AvgIpc) is 2.76. The molecule has 0 spiro atoms. The van der Waals surface area contributed by atoms with Crippen LogP contribution in [0.5, 0.6) is 0 Å². The van der Waals surface area contributed by atoms with Gasteiger partial charge in [0.05, 0.1) is 5.69 Å². The number of rotatable bonds is 6. The monoisotopic (exact) mass is 339 g/mol. The quantitative estimate of drug-likeness (QED) is 0.624. The second kappa shape index (κ2) is 8.47. The minimum atomic E-state index is -0.0947. The van der Waals surface area contributed by atoms with E-state index in [0.717, 1.165) is 50.4 Å². The lowest BCUT2D eigenvalue weighted by Crippen LogP contribution is -2.45. The third kappa shape index (κ3) is 5.34. The molecule has 0 aromatic carbocycles. The number of piperazine rings is 1. The van der Waals surface area contributed by atoms with E-state index in [1.165, 1.54) is 6.08 Å². The molecule has 0 unspecified atom stereocenters. The number of nitrogens with zero attached hydrogens (tertiary/aromatic N) is 4. The summed E-state index contributed by atoms with van der Waals surface area (Å²) < 4.78 is 1.60. The van der Waals surface area contributed by atoms with Crippen LogP contribution in [0.2, 0.25) is 5.15 Å². The predicted octanol–water partition coefficient (Wildman–Crippen LogP) is 1.15. The fraction of sp³-hybridized carbons (Fsp3) is 0.625. The molecule has 1 amide bonds. The molecule has 2 heterocycles. The number of aryl methyl sites for hydroxylation is 2. The van der Waals surface area contributed by atoms with E-state index in [0.29, 0.717) is 11.7 Å². The Morgan fingerprint density at radius 3 is 2.61 bits per heavy atom. The summed E-state index contributed by atoms with van der Waals surface area (Å²) in [7, 11) is 3.94. The number of carbonyl (C=O) groups is 1. The summed E-state index contributed by atoms with van der Waals surface area (Å²) in [6, 6.07) is 0. The van der Waals surface area contributed by atoms with Gasteiger partial charge in [-0.25, -0.2) is 0 Å². The molecule has 2 rings (SSSR count). The maximum absolute atomic E-state index is 11.9. The van der Waals surface area contributed by atoms with E-state index in [9.17, 15) is 4.79 Å². The molecule has 1 fully saturated rings. The zero-order valence-corrected chi connectivity index (χ0v) is 14.9. The third-order valence-electron chi connectivity index (χ3n) is 4.14. The van der Waals surface area contributed by atoms with Gasteiger partial charge in [0.2, 0.25) is 5.91 Å². The van der Waals surface area contributed by atoms with Crippen molar-refractivity contribution in [2.45, 2.75) is 13.3 Å². The molecule has 23 heavy (non-hydrogen) atoms. The lowest BCUT2D eigenvalue weighted by atomic mass is 10.2. The summed E-state index contributed by atoms with van der Waals surface area (Å²) in [6.45, 7) is 8.08. The van der Waals surface area contributed by atoms with Crippen molar-refractivity contribution in [3.8, 4) is 0 Å². The highest BCUT2D eigenvalue weighted by atomic mass is 35.5. The first-order valence-electron chi connectivity index (χ1n) is 8.03. The molecular formula is C16H26ClN5O. The molecule has 1 aliphatic rings. The Labute approximate surface area is 143 Å². The maximum atomic E-state index is 11.9. The lowest BCUT2D eigenvalue weighted by molar-refractivity contribution is -0.116. The van der Waals surface area contributed by atoms with Gasteiger partial charge in [-0.1, -0.05) is 11.6 Å². The number of aromatic nitrogens is 2. The second-order valence-electron chi connectivity index (χ2n) is 6.04. The number of halogens is 1. The summed E-state index contributed by atoms with van der Waals surface area (Å²) in [4.78, 5) is 16.6. The van der Waals surface area contributed by atoms with Gasteiger partial charge in [-0.3, -0.25) is 9.48 Å². The molecule has 1 saturated heterocycles. The third-order valence-corrected chi connectivity index (χ3v) is 4.59. The molecule has 1 aliphatic heterocycles. The van der Waals surface area contributed by atoms with Gasteiger partial charge in [0.25, 0.3) is 0 Å². The van der Waals surface area contributed by atoms with Crippen molar-refractivity contribution in [3.63, 3.8) is 0 Å². The van der Waals surface area contributed by atoms with E-state index >= 15 is 0 Å². The first kappa shape index (κ1) is 18.0. The molecule has 1 aromatic rings. The molecule has 1 N–H and O–H groups in total. The van der Waals surface area contributed by atoms with E-state index < -0.39 is 0 Å². The van der Waals surface area contributed by atoms with Crippen LogP contribution >= 0.6 is 11.6 Å². The first-order valence-corrected chi connectivity index (χ1v) is 8.41. The Balaban J connectivity index is 1.68. The standard InChI is InChI=1S/C16H26ClN5O/c1-13-14(16(17)21(3)19-13)5-6-15(23)18-7-4-8-22-11-9-20(2)10-12-22/h5-6H,4,7-12H2,1-3H3,(H,18,23)/b6-5+. The van der Waals surface area contributed by atoms with E-state index in [1.54, 1.807) is 17.8 Å². The minimum absolute atomic E-state index is 0.0947. The van der Waals surface area contributed by atoms with Gasteiger partial charge in [-0.05, 0) is 33.0 Å². The smallest absolute Gasteiger partial charge is 0.244 e. The van der Waals surface area contributed by atoms with Crippen LogP contribution in [-0.2, 0) is 11.8 Å². The average molecular weight is 340 g/mol. The molecule has 0 radical (unpaired) electrons. The highest BCUT2D eigenvalue weighted by molar-refractivity contribution is 6.31. The summed E-state index contributed by atoms with van der Waals surface area (Å²) in [5, 5.41) is 7.67. The number of hydrogen-bond acceptors (Lipinski definition) is 4. The Hall–Kier alpha value is -1.37. The highest BCUT2D eigenvalue weighted by Gasteiger charge is 2.13.